The van der Waals surface area contributed by atoms with E-state index in [-0.39, 0.29) is 18.9 Å². The van der Waals surface area contributed by atoms with Gasteiger partial charge in [0.2, 0.25) is 5.91 Å². The molecule has 0 fully saturated rings. The lowest BCUT2D eigenvalue weighted by molar-refractivity contribution is -0.122. The number of benzene rings is 2. The van der Waals surface area contributed by atoms with Gasteiger partial charge in [-0.05, 0) is 36.4 Å². The van der Waals surface area contributed by atoms with E-state index in [0.717, 1.165) is 0 Å². The molecule has 0 radical (unpaired) electrons. The van der Waals surface area contributed by atoms with Crippen molar-refractivity contribution in [2.75, 3.05) is 19.8 Å². The van der Waals surface area contributed by atoms with Crippen LogP contribution in [0.2, 0.25) is 5.02 Å². The summed E-state index contributed by atoms with van der Waals surface area (Å²) >= 11 is 5.85. The lowest BCUT2D eigenvalue weighted by Crippen LogP contribution is -2.42. The van der Waals surface area contributed by atoms with E-state index in [1.54, 1.807) is 42.5 Å². The van der Waals surface area contributed by atoms with Crippen LogP contribution in [-0.2, 0) is 4.79 Å². The van der Waals surface area contributed by atoms with Gasteiger partial charge in [-0.2, -0.15) is 0 Å². The van der Waals surface area contributed by atoms with Crippen molar-refractivity contribution in [2.24, 2.45) is 0 Å². The van der Waals surface area contributed by atoms with Gasteiger partial charge in [-0.3, -0.25) is 20.4 Å². The molecule has 2 aromatic rings. The van der Waals surface area contributed by atoms with E-state index in [2.05, 4.69) is 10.9 Å². The highest BCUT2D eigenvalue weighted by molar-refractivity contribution is 6.30. The Morgan fingerprint density at radius 2 is 1.85 bits per heavy atom. The second kappa shape index (κ2) is 8.44. The predicted molar refractivity (Wildman–Crippen MR) is 94.6 cm³/mol. The van der Waals surface area contributed by atoms with Crippen LogP contribution < -0.4 is 25.1 Å². The minimum absolute atomic E-state index is 0.0773. The molecule has 26 heavy (non-hydrogen) atoms. The molecule has 3 rings (SSSR count). The van der Waals surface area contributed by atoms with Crippen LogP contribution in [0.5, 0.6) is 17.2 Å². The van der Waals surface area contributed by atoms with E-state index in [4.69, 9.17) is 25.8 Å². The van der Waals surface area contributed by atoms with Crippen LogP contribution in [0.15, 0.2) is 42.5 Å². The average molecular weight is 377 g/mol. The predicted octanol–water partition coefficient (Wildman–Crippen LogP) is 2.34. The summed E-state index contributed by atoms with van der Waals surface area (Å²) in [6.07, 6.45) is 0.0773. The summed E-state index contributed by atoms with van der Waals surface area (Å²) in [5.41, 5.74) is 5.05. The van der Waals surface area contributed by atoms with Crippen molar-refractivity contribution in [1.29, 1.82) is 0 Å². The van der Waals surface area contributed by atoms with Gasteiger partial charge < -0.3 is 14.2 Å². The zero-order valence-electron chi connectivity index (χ0n) is 13.8. The van der Waals surface area contributed by atoms with Crippen molar-refractivity contribution in [1.82, 2.24) is 10.9 Å². The topological polar surface area (TPSA) is 85.9 Å². The highest BCUT2D eigenvalue weighted by atomic mass is 35.5. The van der Waals surface area contributed by atoms with E-state index in [0.29, 0.717) is 41.0 Å². The number of hydrogen-bond acceptors (Lipinski definition) is 5. The van der Waals surface area contributed by atoms with Crippen LogP contribution in [0.1, 0.15) is 16.8 Å². The fourth-order valence-electron chi connectivity index (χ4n) is 2.26. The van der Waals surface area contributed by atoms with Crippen LogP contribution in [0, 0.1) is 0 Å². The minimum Gasteiger partial charge on any atom is -0.493 e. The number of carbonyl (C=O) groups is 2. The van der Waals surface area contributed by atoms with E-state index < -0.39 is 5.91 Å². The molecule has 8 heteroatoms. The Hall–Kier alpha value is -2.93. The first-order valence-corrected chi connectivity index (χ1v) is 8.37. The molecule has 0 spiro atoms. The number of hydrogen-bond donors (Lipinski definition) is 2. The molecule has 0 atom stereocenters. The Morgan fingerprint density at radius 1 is 1.04 bits per heavy atom. The molecule has 0 saturated carbocycles. The molecule has 2 aromatic carbocycles. The number of ether oxygens (including phenoxy) is 3. The summed E-state index contributed by atoms with van der Waals surface area (Å²) in [5, 5.41) is 0.554. The van der Waals surface area contributed by atoms with Gasteiger partial charge in [-0.25, -0.2) is 0 Å². The Kier molecular flexibility index (Phi) is 5.80. The van der Waals surface area contributed by atoms with Gasteiger partial charge in [-0.1, -0.05) is 17.7 Å². The number of nitrogens with one attached hydrogen (secondary N) is 2. The molecule has 1 aliphatic rings. The summed E-state index contributed by atoms with van der Waals surface area (Å²) in [6, 6.07) is 11.7. The monoisotopic (exact) mass is 376 g/mol. The van der Waals surface area contributed by atoms with Crippen LogP contribution in [0.25, 0.3) is 0 Å². The average Bonchev–Trinajstić information content (AvgIpc) is 2.66. The Morgan fingerprint density at radius 3 is 2.65 bits per heavy atom. The second-order valence-corrected chi connectivity index (χ2v) is 5.85. The summed E-state index contributed by atoms with van der Waals surface area (Å²) in [4.78, 5) is 23.9. The Bertz CT molecular complexity index is 812. The summed E-state index contributed by atoms with van der Waals surface area (Å²) < 4.78 is 16.2. The van der Waals surface area contributed by atoms with Crippen molar-refractivity contribution >= 4 is 23.4 Å². The van der Waals surface area contributed by atoms with Gasteiger partial charge >= 0.3 is 0 Å². The zero-order chi connectivity index (χ0) is 18.4. The van der Waals surface area contributed by atoms with Crippen molar-refractivity contribution in [3.05, 3.63) is 53.1 Å². The van der Waals surface area contributed by atoms with Gasteiger partial charge in [0.1, 0.15) is 19.0 Å². The zero-order valence-corrected chi connectivity index (χ0v) is 14.5. The molecular weight excluding hydrogens is 360 g/mol. The number of amides is 2. The number of rotatable bonds is 5. The smallest absolute Gasteiger partial charge is 0.269 e. The molecule has 0 unspecified atom stereocenters. The standard InChI is InChI=1S/C18H17ClN2O5/c19-13-2-1-3-14(11-13)24-7-6-17(22)20-21-18(23)12-4-5-15-16(10-12)26-9-8-25-15/h1-5,10-11H,6-9H2,(H,20,22)(H,21,23). The maximum absolute atomic E-state index is 12.1. The summed E-state index contributed by atoms with van der Waals surface area (Å²) in [5.74, 6) is 0.842. The first-order valence-electron chi connectivity index (χ1n) is 7.99. The number of carbonyl (C=O) groups excluding carboxylic acids is 2. The van der Waals surface area contributed by atoms with Gasteiger partial charge in [0.25, 0.3) is 5.91 Å². The quantitative estimate of drug-likeness (QED) is 0.782. The maximum Gasteiger partial charge on any atom is 0.269 e. The molecule has 0 saturated heterocycles. The Labute approximate surface area is 155 Å². The highest BCUT2D eigenvalue weighted by Gasteiger charge is 2.15. The first-order chi connectivity index (χ1) is 12.6. The third-order valence-corrected chi connectivity index (χ3v) is 3.75. The number of fused-ring (bicyclic) bond motifs is 1. The minimum atomic E-state index is -0.453. The van der Waals surface area contributed by atoms with Crippen LogP contribution in [0.4, 0.5) is 0 Å². The fraction of sp³-hybridized carbons (Fsp3) is 0.222. The molecule has 2 N–H and O–H groups in total. The van der Waals surface area contributed by atoms with Crippen molar-refractivity contribution in [3.8, 4) is 17.2 Å². The third kappa shape index (κ3) is 4.80. The molecule has 1 heterocycles. The van der Waals surface area contributed by atoms with Crippen molar-refractivity contribution in [2.45, 2.75) is 6.42 Å². The van der Waals surface area contributed by atoms with Crippen LogP contribution in [-0.4, -0.2) is 31.6 Å². The van der Waals surface area contributed by atoms with Gasteiger partial charge in [-0.15, -0.1) is 0 Å². The van der Waals surface area contributed by atoms with E-state index in [1.807, 2.05) is 0 Å². The number of hydrazine groups is 1. The molecular formula is C18H17ClN2O5. The van der Waals surface area contributed by atoms with Gasteiger partial charge in [0.15, 0.2) is 11.5 Å². The third-order valence-electron chi connectivity index (χ3n) is 3.51. The maximum atomic E-state index is 12.1. The van der Waals surface area contributed by atoms with Crippen LogP contribution >= 0.6 is 11.6 Å². The fourth-order valence-corrected chi connectivity index (χ4v) is 2.44. The van der Waals surface area contributed by atoms with Crippen LogP contribution in [0.3, 0.4) is 0 Å². The lowest BCUT2D eigenvalue weighted by Gasteiger charge is -2.18. The first kappa shape index (κ1) is 17.9. The number of halogens is 1. The second-order valence-electron chi connectivity index (χ2n) is 5.42. The van der Waals surface area contributed by atoms with Gasteiger partial charge in [0, 0.05) is 10.6 Å². The van der Waals surface area contributed by atoms with Crippen molar-refractivity contribution in [3.63, 3.8) is 0 Å². The molecule has 7 nitrogen and oxygen atoms in total. The highest BCUT2D eigenvalue weighted by Crippen LogP contribution is 2.30. The molecule has 2 amide bonds. The van der Waals surface area contributed by atoms with E-state index in [1.165, 1.54) is 0 Å². The van der Waals surface area contributed by atoms with E-state index in [9.17, 15) is 9.59 Å². The molecule has 0 aliphatic carbocycles. The lowest BCUT2D eigenvalue weighted by atomic mass is 10.2. The van der Waals surface area contributed by atoms with Crippen molar-refractivity contribution < 1.29 is 23.8 Å². The SMILES string of the molecule is O=C(CCOc1cccc(Cl)c1)NNC(=O)c1ccc2c(c1)OCCO2. The largest absolute Gasteiger partial charge is 0.493 e. The molecule has 1 aliphatic heterocycles. The molecule has 136 valence electrons. The summed E-state index contributed by atoms with van der Waals surface area (Å²) in [7, 11) is 0. The van der Waals surface area contributed by atoms with E-state index >= 15 is 0 Å². The Balaban J connectivity index is 1.43. The molecule has 0 bridgehead atoms. The normalized spacial score (nSPS) is 12.2. The molecule has 0 aromatic heterocycles. The van der Waals surface area contributed by atoms with Gasteiger partial charge in [0.05, 0.1) is 13.0 Å². The summed E-state index contributed by atoms with van der Waals surface area (Å²) in [6.45, 7) is 1.07.